The van der Waals surface area contributed by atoms with Crippen LogP contribution in [0.4, 0.5) is 0 Å². The Labute approximate surface area is 110 Å². The van der Waals surface area contributed by atoms with Crippen LogP contribution >= 0.6 is 0 Å². The number of hydrogen-bond acceptors (Lipinski definition) is 5. The Bertz CT molecular complexity index is 634. The van der Waals surface area contributed by atoms with Crippen molar-refractivity contribution < 1.29 is 21.8 Å². The van der Waals surface area contributed by atoms with Gasteiger partial charge in [-0.3, -0.25) is 0 Å². The number of carbonyl (C=O) groups excluding carboxylic acids is 1. The van der Waals surface area contributed by atoms with Gasteiger partial charge < -0.3 is 8.60 Å². The minimum absolute atomic E-state index is 0.0859. The lowest BCUT2D eigenvalue weighted by Crippen LogP contribution is -2.27. The Morgan fingerprint density at radius 1 is 1.16 bits per heavy atom. The summed E-state index contributed by atoms with van der Waals surface area (Å²) in [5, 5.41) is 0. The van der Waals surface area contributed by atoms with Crippen molar-refractivity contribution >= 4 is 16.3 Å². The average molecular weight is 281 g/mol. The molecule has 6 nitrogen and oxygen atoms in total. The molecule has 0 aliphatic carbocycles. The third-order valence-corrected chi connectivity index (χ3v) is 3.07. The smallest absolute Gasteiger partial charge is 0.385 e. The SMILES string of the molecule is O=C(OS(=O)(=O)NCc1ccco1)c1ccccc1. The standard InChI is InChI=1S/C12H11NO5S/c14-12(10-5-2-1-3-6-10)18-19(15,16)13-9-11-7-4-8-17-11/h1-8,13H,9H2. The van der Waals surface area contributed by atoms with Crippen LogP contribution in [0.2, 0.25) is 0 Å². The van der Waals surface area contributed by atoms with Gasteiger partial charge in [-0.25, -0.2) is 4.79 Å². The first-order valence-electron chi connectivity index (χ1n) is 5.38. The summed E-state index contributed by atoms with van der Waals surface area (Å²) in [7, 11) is -4.16. The normalized spacial score (nSPS) is 11.2. The average Bonchev–Trinajstić information content (AvgIpc) is 2.90. The maximum absolute atomic E-state index is 11.6. The molecule has 2 aromatic rings. The minimum atomic E-state index is -4.16. The van der Waals surface area contributed by atoms with Gasteiger partial charge in [0.05, 0.1) is 18.4 Å². The van der Waals surface area contributed by atoms with Gasteiger partial charge in [-0.15, -0.1) is 0 Å². The zero-order valence-electron chi connectivity index (χ0n) is 9.78. The van der Waals surface area contributed by atoms with Gasteiger partial charge in [-0.05, 0) is 24.3 Å². The highest BCUT2D eigenvalue weighted by atomic mass is 32.2. The van der Waals surface area contributed by atoms with E-state index in [0.717, 1.165) is 0 Å². The zero-order chi connectivity index (χ0) is 13.7. The van der Waals surface area contributed by atoms with E-state index in [9.17, 15) is 13.2 Å². The number of benzene rings is 1. The predicted molar refractivity (Wildman–Crippen MR) is 66.3 cm³/mol. The Balaban J connectivity index is 1.96. The summed E-state index contributed by atoms with van der Waals surface area (Å²) in [6.45, 7) is -0.0859. The van der Waals surface area contributed by atoms with Crippen molar-refractivity contribution in [2.75, 3.05) is 0 Å². The second kappa shape index (κ2) is 5.68. The molecule has 1 heterocycles. The first-order valence-corrected chi connectivity index (χ1v) is 6.78. The molecular formula is C12H11NO5S. The molecular weight excluding hydrogens is 270 g/mol. The van der Waals surface area contributed by atoms with E-state index in [1.807, 2.05) is 0 Å². The number of furan rings is 1. The van der Waals surface area contributed by atoms with Crippen molar-refractivity contribution in [3.63, 3.8) is 0 Å². The molecule has 1 aromatic heterocycles. The molecule has 2 rings (SSSR count). The van der Waals surface area contributed by atoms with E-state index < -0.39 is 16.3 Å². The molecule has 0 amide bonds. The molecule has 0 bridgehead atoms. The van der Waals surface area contributed by atoms with Crippen LogP contribution in [-0.4, -0.2) is 14.4 Å². The molecule has 0 radical (unpaired) electrons. The molecule has 0 saturated carbocycles. The second-order valence-corrected chi connectivity index (χ2v) is 4.96. The first kappa shape index (κ1) is 13.3. The van der Waals surface area contributed by atoms with Gasteiger partial charge in [-0.2, -0.15) is 13.1 Å². The second-order valence-electron chi connectivity index (χ2n) is 3.59. The number of hydrogen-bond donors (Lipinski definition) is 1. The van der Waals surface area contributed by atoms with Crippen LogP contribution in [-0.2, 0) is 21.0 Å². The fraction of sp³-hybridized carbons (Fsp3) is 0.0833. The van der Waals surface area contributed by atoms with E-state index in [2.05, 4.69) is 8.91 Å². The molecule has 0 aliphatic rings. The Morgan fingerprint density at radius 2 is 1.89 bits per heavy atom. The lowest BCUT2D eigenvalue weighted by atomic mass is 10.2. The van der Waals surface area contributed by atoms with Crippen LogP contribution < -0.4 is 4.72 Å². The summed E-state index contributed by atoms with van der Waals surface area (Å²) in [6.07, 6.45) is 1.42. The summed E-state index contributed by atoms with van der Waals surface area (Å²) in [5.74, 6) is -0.521. The summed E-state index contributed by atoms with van der Waals surface area (Å²) in [4.78, 5) is 11.6. The summed E-state index contributed by atoms with van der Waals surface area (Å²) in [6, 6.07) is 11.1. The number of rotatable bonds is 5. The van der Waals surface area contributed by atoms with Crippen LogP contribution in [0.15, 0.2) is 53.1 Å². The minimum Gasteiger partial charge on any atom is -0.468 e. The van der Waals surface area contributed by atoms with Gasteiger partial charge in [0.1, 0.15) is 5.76 Å². The van der Waals surface area contributed by atoms with Gasteiger partial charge in [0.15, 0.2) is 0 Å². The van der Waals surface area contributed by atoms with E-state index in [4.69, 9.17) is 4.42 Å². The third-order valence-electron chi connectivity index (χ3n) is 2.20. The van der Waals surface area contributed by atoms with Crippen LogP contribution in [0, 0.1) is 0 Å². The maximum atomic E-state index is 11.6. The van der Waals surface area contributed by atoms with E-state index in [-0.39, 0.29) is 12.1 Å². The molecule has 1 aromatic carbocycles. The molecule has 0 spiro atoms. The third kappa shape index (κ3) is 3.94. The lowest BCUT2D eigenvalue weighted by Gasteiger charge is -2.05. The largest absolute Gasteiger partial charge is 0.468 e. The van der Waals surface area contributed by atoms with Crippen LogP contribution in [0.3, 0.4) is 0 Å². The zero-order valence-corrected chi connectivity index (χ0v) is 10.6. The molecule has 0 saturated heterocycles. The quantitative estimate of drug-likeness (QED) is 0.897. The monoisotopic (exact) mass is 281 g/mol. The van der Waals surface area contributed by atoms with Crippen LogP contribution in [0.5, 0.6) is 0 Å². The molecule has 0 fully saturated rings. The first-order chi connectivity index (χ1) is 9.07. The van der Waals surface area contributed by atoms with Gasteiger partial charge in [0.2, 0.25) is 0 Å². The Hall–Kier alpha value is -2.12. The highest BCUT2D eigenvalue weighted by Crippen LogP contribution is 2.05. The molecule has 1 N–H and O–H groups in total. The fourth-order valence-corrected chi connectivity index (χ4v) is 2.00. The van der Waals surface area contributed by atoms with Crippen LogP contribution in [0.25, 0.3) is 0 Å². The van der Waals surface area contributed by atoms with E-state index in [1.54, 1.807) is 30.3 Å². The summed E-state index contributed by atoms with van der Waals surface area (Å²) >= 11 is 0. The highest BCUT2D eigenvalue weighted by Gasteiger charge is 2.18. The van der Waals surface area contributed by atoms with Crippen molar-refractivity contribution in [3.8, 4) is 0 Å². The summed E-state index contributed by atoms with van der Waals surface area (Å²) < 4.78 is 34.5. The van der Waals surface area contributed by atoms with Gasteiger partial charge in [-0.1, -0.05) is 18.2 Å². The van der Waals surface area contributed by atoms with E-state index in [0.29, 0.717) is 5.76 Å². The fourth-order valence-electron chi connectivity index (χ4n) is 1.32. The highest BCUT2D eigenvalue weighted by molar-refractivity contribution is 7.85. The topological polar surface area (TPSA) is 85.6 Å². The van der Waals surface area contributed by atoms with Crippen molar-refractivity contribution in [2.45, 2.75) is 6.54 Å². The maximum Gasteiger partial charge on any atom is 0.385 e. The Morgan fingerprint density at radius 3 is 2.53 bits per heavy atom. The number of carbonyl (C=O) groups is 1. The molecule has 19 heavy (non-hydrogen) atoms. The molecule has 7 heteroatoms. The van der Waals surface area contributed by atoms with Crippen LogP contribution in [0.1, 0.15) is 16.1 Å². The van der Waals surface area contributed by atoms with Crippen molar-refractivity contribution in [1.82, 2.24) is 4.72 Å². The molecule has 0 aliphatic heterocycles. The van der Waals surface area contributed by atoms with Gasteiger partial charge in [0, 0.05) is 0 Å². The number of nitrogens with one attached hydrogen (secondary N) is 1. The van der Waals surface area contributed by atoms with Crippen molar-refractivity contribution in [3.05, 3.63) is 60.1 Å². The molecule has 0 unspecified atom stereocenters. The predicted octanol–water partition coefficient (Wildman–Crippen LogP) is 1.47. The van der Waals surface area contributed by atoms with Crippen molar-refractivity contribution in [2.24, 2.45) is 0 Å². The van der Waals surface area contributed by atoms with E-state index >= 15 is 0 Å². The lowest BCUT2D eigenvalue weighted by molar-refractivity contribution is 0.0743. The Kier molecular flexibility index (Phi) is 3.98. The van der Waals surface area contributed by atoms with E-state index in [1.165, 1.54) is 18.4 Å². The van der Waals surface area contributed by atoms with Crippen molar-refractivity contribution in [1.29, 1.82) is 0 Å². The van der Waals surface area contributed by atoms with Gasteiger partial charge >= 0.3 is 16.3 Å². The molecule has 100 valence electrons. The molecule has 0 atom stereocenters. The van der Waals surface area contributed by atoms with Gasteiger partial charge in [0.25, 0.3) is 0 Å². The summed E-state index contributed by atoms with van der Waals surface area (Å²) in [5.41, 5.74) is 0.158.